The topological polar surface area (TPSA) is 97.8 Å². The maximum Gasteiger partial charge on any atom is 0.311 e. The monoisotopic (exact) mass is 633 g/mol. The molecule has 1 aliphatic carbocycles. The number of pyridine rings is 1. The van der Waals surface area contributed by atoms with Crippen LogP contribution in [0.15, 0.2) is 72.9 Å². The third kappa shape index (κ3) is 7.39. The number of halogens is 1. The van der Waals surface area contributed by atoms with E-state index in [1.54, 1.807) is 35.4 Å². The Bertz CT molecular complexity index is 1460. The number of benzene rings is 2. The van der Waals surface area contributed by atoms with Crippen LogP contribution in [0.3, 0.4) is 0 Å². The third-order valence-corrected chi connectivity index (χ3v) is 10.4. The van der Waals surface area contributed by atoms with E-state index in [9.17, 15) is 14.4 Å². The summed E-state index contributed by atoms with van der Waals surface area (Å²) in [7, 11) is -1.40. The van der Waals surface area contributed by atoms with Gasteiger partial charge in [0.05, 0.1) is 30.2 Å². The highest BCUT2D eigenvalue weighted by Gasteiger charge is 2.50. The van der Waals surface area contributed by atoms with Crippen molar-refractivity contribution in [2.24, 2.45) is 5.92 Å². The van der Waals surface area contributed by atoms with Crippen molar-refractivity contribution in [3.8, 4) is 0 Å². The molecular weight excluding hydrogens is 594 g/mol. The van der Waals surface area contributed by atoms with E-state index in [0.717, 1.165) is 24.4 Å². The van der Waals surface area contributed by atoms with Crippen molar-refractivity contribution < 1.29 is 24.0 Å². The molecule has 8 nitrogen and oxygen atoms in total. The number of fused-ring (bicyclic) bond motifs is 1. The maximum atomic E-state index is 14.4. The first-order chi connectivity index (χ1) is 21.1. The van der Waals surface area contributed by atoms with Gasteiger partial charge in [-0.3, -0.25) is 24.2 Å². The molecule has 2 aliphatic rings. The lowest BCUT2D eigenvalue weighted by molar-refractivity contribution is -0.152. The minimum atomic E-state index is -1.40. The lowest BCUT2D eigenvalue weighted by atomic mass is 9.75. The summed E-state index contributed by atoms with van der Waals surface area (Å²) >= 11 is 6.27. The number of carbonyl (C=O) groups excluding carboxylic acids is 3. The van der Waals surface area contributed by atoms with Crippen LogP contribution in [0, 0.1) is 5.92 Å². The van der Waals surface area contributed by atoms with Crippen LogP contribution in [0.1, 0.15) is 64.8 Å². The van der Waals surface area contributed by atoms with Crippen LogP contribution in [0.4, 0.5) is 0 Å². The van der Waals surface area contributed by atoms with Crippen LogP contribution in [-0.4, -0.2) is 48.4 Å². The third-order valence-electron chi connectivity index (χ3n) is 8.48. The summed E-state index contributed by atoms with van der Waals surface area (Å²) < 4.78 is 5.84. The lowest BCUT2D eigenvalue weighted by Crippen LogP contribution is -2.55. The Labute approximate surface area is 265 Å². The first kappa shape index (κ1) is 31.9. The molecule has 3 aromatic rings. The first-order valence-corrected chi connectivity index (χ1v) is 19.4. The highest BCUT2D eigenvalue weighted by Crippen LogP contribution is 2.47. The maximum absolute atomic E-state index is 14.4. The Morgan fingerprint density at radius 2 is 1.73 bits per heavy atom. The molecule has 232 valence electrons. The molecule has 5 rings (SSSR count). The Morgan fingerprint density at radius 3 is 2.45 bits per heavy atom. The molecule has 4 atom stereocenters. The molecule has 4 unspecified atom stereocenters. The van der Waals surface area contributed by atoms with Crippen LogP contribution in [0.2, 0.25) is 30.7 Å². The molecule has 0 bridgehead atoms. The van der Waals surface area contributed by atoms with Gasteiger partial charge in [0.1, 0.15) is 6.61 Å². The molecule has 0 radical (unpaired) electrons. The van der Waals surface area contributed by atoms with Gasteiger partial charge in [0, 0.05) is 30.9 Å². The molecule has 1 aliphatic heterocycles. The van der Waals surface area contributed by atoms with E-state index in [4.69, 9.17) is 21.2 Å². The average Bonchev–Trinajstić information content (AvgIpc) is 3.01. The zero-order valence-electron chi connectivity index (χ0n) is 25.5. The second-order valence-corrected chi connectivity index (χ2v) is 18.8. The number of aromatic nitrogens is 1. The summed E-state index contributed by atoms with van der Waals surface area (Å²) in [5, 5.41) is 0.545. The highest BCUT2D eigenvalue weighted by molar-refractivity contribution is 6.76. The van der Waals surface area contributed by atoms with Gasteiger partial charge in [-0.25, -0.2) is 5.48 Å². The van der Waals surface area contributed by atoms with E-state index in [1.807, 2.05) is 42.5 Å². The molecule has 2 heterocycles. The predicted octanol–water partition coefficient (Wildman–Crippen LogP) is 6.70. The Balaban J connectivity index is 1.51. The molecule has 10 heteroatoms. The smallest absolute Gasteiger partial charge is 0.311 e. The number of hydrogen-bond acceptors (Lipinski definition) is 6. The summed E-state index contributed by atoms with van der Waals surface area (Å²) in [6.07, 6.45) is 4.66. The summed E-state index contributed by atoms with van der Waals surface area (Å²) in [6.45, 7) is 7.21. The van der Waals surface area contributed by atoms with Crippen molar-refractivity contribution in [1.82, 2.24) is 15.4 Å². The van der Waals surface area contributed by atoms with E-state index < -0.39 is 37.9 Å². The second kappa shape index (κ2) is 14.1. The van der Waals surface area contributed by atoms with Crippen LogP contribution in [0.25, 0.3) is 0 Å². The van der Waals surface area contributed by atoms with Crippen molar-refractivity contribution >= 4 is 37.5 Å². The van der Waals surface area contributed by atoms with E-state index in [1.165, 1.54) is 0 Å². The van der Waals surface area contributed by atoms with Crippen molar-refractivity contribution in [2.75, 3.05) is 6.61 Å². The zero-order chi connectivity index (χ0) is 31.3. The van der Waals surface area contributed by atoms with E-state index in [-0.39, 0.29) is 18.5 Å². The van der Waals surface area contributed by atoms with Gasteiger partial charge in [-0.1, -0.05) is 80.5 Å². The number of ether oxygens (including phenoxy) is 1. The molecule has 1 saturated carbocycles. The quantitative estimate of drug-likeness (QED) is 0.152. The van der Waals surface area contributed by atoms with Crippen LogP contribution in [-0.2, 0) is 25.8 Å². The predicted molar refractivity (Wildman–Crippen MR) is 172 cm³/mol. The van der Waals surface area contributed by atoms with E-state index >= 15 is 0 Å². The minimum Gasteiger partial charge on any atom is -0.466 e. The number of nitrogens with zero attached hydrogens (tertiary/aromatic N) is 2. The van der Waals surface area contributed by atoms with Crippen LogP contribution in [0.5, 0.6) is 0 Å². The van der Waals surface area contributed by atoms with Gasteiger partial charge >= 0.3 is 5.97 Å². The molecule has 2 aromatic carbocycles. The van der Waals surface area contributed by atoms with Gasteiger partial charge in [0.2, 0.25) is 0 Å². The largest absolute Gasteiger partial charge is 0.466 e. The van der Waals surface area contributed by atoms with E-state index in [2.05, 4.69) is 30.1 Å². The van der Waals surface area contributed by atoms with Crippen molar-refractivity contribution in [3.05, 3.63) is 100 Å². The summed E-state index contributed by atoms with van der Waals surface area (Å²) in [4.78, 5) is 53.8. The molecule has 0 spiro atoms. The molecular formula is C34H40ClN3O5Si. The molecule has 1 N–H and O–H groups in total. The fourth-order valence-electron chi connectivity index (χ4n) is 6.23. The number of hydrogen-bond donors (Lipinski definition) is 1. The first-order valence-electron chi connectivity index (χ1n) is 15.3. The standard InChI is InChI=1S/C34H40ClN3O5Si/c1-44(2,3)21-20-42-34(41)28-13-6-7-14-29(28)38-31(23-15-17-24(35)18-16-23)30(26-11-4-5-12-27(26)33(38)40)32(39)37-43-22-25-10-8-9-19-36-25/h4-5,8-12,15-19,28-31H,6-7,13-14,20-22H2,1-3H3,(H,37,39). The summed E-state index contributed by atoms with van der Waals surface area (Å²) in [5.41, 5.74) is 5.10. The number of carbonyl (C=O) groups is 3. The molecule has 2 amide bonds. The number of rotatable bonds is 10. The van der Waals surface area contributed by atoms with Gasteiger partial charge in [0.15, 0.2) is 0 Å². The van der Waals surface area contributed by atoms with Crippen LogP contribution < -0.4 is 5.48 Å². The fourth-order valence-corrected chi connectivity index (χ4v) is 7.07. The highest BCUT2D eigenvalue weighted by atomic mass is 35.5. The minimum absolute atomic E-state index is 0.0865. The molecule has 1 fully saturated rings. The molecule has 44 heavy (non-hydrogen) atoms. The van der Waals surface area contributed by atoms with E-state index in [0.29, 0.717) is 41.3 Å². The zero-order valence-corrected chi connectivity index (χ0v) is 27.3. The second-order valence-electron chi connectivity index (χ2n) is 12.8. The van der Waals surface area contributed by atoms with Crippen molar-refractivity contribution in [3.63, 3.8) is 0 Å². The van der Waals surface area contributed by atoms with Gasteiger partial charge in [-0.2, -0.15) is 0 Å². The number of hydroxylamine groups is 1. The Kier molecular flexibility index (Phi) is 10.2. The average molecular weight is 634 g/mol. The molecule has 0 saturated heterocycles. The number of esters is 1. The van der Waals surface area contributed by atoms with Crippen LogP contribution >= 0.6 is 11.6 Å². The van der Waals surface area contributed by atoms with Gasteiger partial charge < -0.3 is 9.64 Å². The summed E-state index contributed by atoms with van der Waals surface area (Å²) in [5.74, 6) is -2.16. The summed E-state index contributed by atoms with van der Waals surface area (Å²) in [6, 6.07) is 19.6. The van der Waals surface area contributed by atoms with Crippen molar-refractivity contribution in [2.45, 2.75) is 76.0 Å². The SMILES string of the molecule is C[Si](C)(C)CCOC(=O)C1CCCCC1N1C(=O)c2ccccc2C(C(=O)NOCc2ccccn2)C1c1ccc(Cl)cc1. The number of nitrogens with one attached hydrogen (secondary N) is 1. The van der Waals surface area contributed by atoms with Gasteiger partial charge in [-0.15, -0.1) is 0 Å². The van der Waals surface area contributed by atoms with Gasteiger partial charge in [0.25, 0.3) is 11.8 Å². The fraction of sp³-hybridized carbons (Fsp3) is 0.412. The van der Waals surface area contributed by atoms with Gasteiger partial charge in [-0.05, 0) is 60.3 Å². The Hall–Kier alpha value is -3.53. The normalized spacial score (nSPS) is 21.8. The number of amides is 2. The lowest BCUT2D eigenvalue weighted by Gasteiger charge is -2.48. The van der Waals surface area contributed by atoms with Crippen molar-refractivity contribution in [1.29, 1.82) is 0 Å². The Morgan fingerprint density at radius 1 is 1.00 bits per heavy atom. The molecule has 1 aromatic heterocycles.